The number of unbranched alkanes of at least 4 members (excludes halogenated alkanes) is 13. The third-order valence-corrected chi connectivity index (χ3v) is 5.90. The number of nitrogens with one attached hydrogen (secondary N) is 1. The Morgan fingerprint density at radius 1 is 0.857 bits per heavy atom. The Hall–Kier alpha value is 0.120. The maximum Gasteiger partial charge on any atom is 1.00 e. The van der Waals surface area contributed by atoms with Gasteiger partial charge in [0, 0.05) is 5.57 Å². The van der Waals surface area contributed by atoms with Crippen molar-refractivity contribution in [2.24, 2.45) is 0 Å². The molecule has 1 unspecified atom stereocenters. The first-order chi connectivity index (χ1) is 12.8. The summed E-state index contributed by atoms with van der Waals surface area (Å²) < 4.78 is 32.4. The zero-order valence-corrected chi connectivity index (χ0v) is 21.2. The number of hydrogen-bond acceptors (Lipinski definition) is 4. The van der Waals surface area contributed by atoms with Gasteiger partial charge in [0.05, 0.1) is 0 Å². The van der Waals surface area contributed by atoms with Crippen LogP contribution in [0.3, 0.4) is 0 Å². The second-order valence-electron chi connectivity index (χ2n) is 7.56. The normalized spacial score (nSPS) is 12.2. The minimum Gasteiger partial charge on any atom is -0.746 e. The van der Waals surface area contributed by atoms with Gasteiger partial charge in [0.1, 0.15) is 15.5 Å². The standard InChI is InChI=1S/C21H41NO4S.Na/c1-4-5-6-7-8-9-10-11-12-13-14-15-16-17-18-19(2)21(23)22-20(3)27(24,25)26;/h20H,2,4-18H2,1,3H3,(H,22,23)(H,24,25,26);/q;+1/p-1. The molecule has 5 nitrogen and oxygen atoms in total. The van der Waals surface area contributed by atoms with Gasteiger partial charge in [0.25, 0.3) is 0 Å². The maximum atomic E-state index is 11.8. The monoisotopic (exact) mass is 425 g/mol. The van der Waals surface area contributed by atoms with E-state index in [1.165, 1.54) is 77.6 Å². The van der Waals surface area contributed by atoms with Gasteiger partial charge in [-0.25, -0.2) is 8.42 Å². The molecule has 1 atom stereocenters. The van der Waals surface area contributed by atoms with Gasteiger partial charge in [-0.05, 0) is 19.8 Å². The SMILES string of the molecule is C=C(CCCCCCCCCCCCCCCC)C(=O)NC(C)S(=O)(=O)[O-].[Na+]. The van der Waals surface area contributed by atoms with Gasteiger partial charge in [0.15, 0.2) is 0 Å². The first-order valence-corrected chi connectivity index (χ1v) is 12.2. The van der Waals surface area contributed by atoms with E-state index < -0.39 is 21.4 Å². The minimum atomic E-state index is -4.50. The Bertz CT molecular complexity index is 509. The summed E-state index contributed by atoms with van der Waals surface area (Å²) in [4.78, 5) is 11.8. The van der Waals surface area contributed by atoms with Crippen LogP contribution in [0.25, 0.3) is 0 Å². The van der Waals surface area contributed by atoms with Gasteiger partial charge < -0.3 is 9.87 Å². The smallest absolute Gasteiger partial charge is 0.746 e. The van der Waals surface area contributed by atoms with Crippen molar-refractivity contribution in [3.05, 3.63) is 12.2 Å². The molecular formula is C21H40NNaO4S. The molecule has 0 radical (unpaired) electrons. The number of rotatable bonds is 18. The molecule has 0 bridgehead atoms. The molecule has 0 aliphatic heterocycles. The molecule has 0 heterocycles. The molecule has 0 aliphatic rings. The van der Waals surface area contributed by atoms with Crippen LogP contribution in [-0.4, -0.2) is 24.3 Å². The molecule has 1 amide bonds. The molecule has 0 fully saturated rings. The van der Waals surface area contributed by atoms with Crippen LogP contribution in [0, 0.1) is 0 Å². The summed E-state index contributed by atoms with van der Waals surface area (Å²) in [5.74, 6) is -0.545. The van der Waals surface area contributed by atoms with Crippen LogP contribution in [-0.2, 0) is 14.9 Å². The van der Waals surface area contributed by atoms with Gasteiger partial charge >= 0.3 is 29.6 Å². The van der Waals surface area contributed by atoms with Crippen molar-refractivity contribution in [3.63, 3.8) is 0 Å². The van der Waals surface area contributed by atoms with Crippen LogP contribution in [0.1, 0.15) is 110 Å². The number of carbonyl (C=O) groups is 1. The molecule has 0 saturated carbocycles. The zero-order chi connectivity index (χ0) is 20.5. The van der Waals surface area contributed by atoms with E-state index in [4.69, 9.17) is 0 Å². The molecule has 160 valence electrons. The Labute approximate surface area is 195 Å². The molecule has 0 aliphatic carbocycles. The van der Waals surface area contributed by atoms with Crippen LogP contribution in [0.15, 0.2) is 12.2 Å². The number of carbonyl (C=O) groups excluding carboxylic acids is 1. The van der Waals surface area contributed by atoms with Gasteiger partial charge in [-0.15, -0.1) is 0 Å². The van der Waals surface area contributed by atoms with E-state index in [0.29, 0.717) is 12.0 Å². The minimum absolute atomic E-state index is 0. The van der Waals surface area contributed by atoms with Crippen LogP contribution in [0.5, 0.6) is 0 Å². The van der Waals surface area contributed by atoms with E-state index in [2.05, 4.69) is 18.8 Å². The summed E-state index contributed by atoms with van der Waals surface area (Å²) in [5.41, 5.74) is 0.337. The largest absolute Gasteiger partial charge is 1.00 e. The van der Waals surface area contributed by atoms with Gasteiger partial charge in [-0.1, -0.05) is 97.0 Å². The molecular weight excluding hydrogens is 385 g/mol. The van der Waals surface area contributed by atoms with Gasteiger partial charge in [0.2, 0.25) is 5.91 Å². The van der Waals surface area contributed by atoms with E-state index >= 15 is 0 Å². The average Bonchev–Trinajstić information content (AvgIpc) is 2.60. The fourth-order valence-electron chi connectivity index (χ4n) is 3.01. The first kappa shape index (κ1) is 30.3. The molecule has 0 aromatic heterocycles. The van der Waals surface area contributed by atoms with Crippen LogP contribution >= 0.6 is 0 Å². The molecule has 0 rings (SSSR count). The van der Waals surface area contributed by atoms with Crippen LogP contribution in [0.4, 0.5) is 0 Å². The second kappa shape index (κ2) is 19.1. The Morgan fingerprint density at radius 3 is 1.57 bits per heavy atom. The van der Waals surface area contributed by atoms with E-state index in [9.17, 15) is 17.8 Å². The van der Waals surface area contributed by atoms with E-state index in [0.717, 1.165) is 19.3 Å². The molecule has 0 spiro atoms. The van der Waals surface area contributed by atoms with Crippen molar-refractivity contribution < 1.29 is 47.3 Å². The second-order valence-corrected chi connectivity index (χ2v) is 9.25. The topological polar surface area (TPSA) is 86.3 Å². The summed E-state index contributed by atoms with van der Waals surface area (Å²) >= 11 is 0. The molecule has 7 heteroatoms. The van der Waals surface area contributed by atoms with Crippen molar-refractivity contribution in [1.82, 2.24) is 5.32 Å². The first-order valence-electron chi connectivity index (χ1n) is 10.7. The molecule has 28 heavy (non-hydrogen) atoms. The van der Waals surface area contributed by atoms with Crippen molar-refractivity contribution >= 4 is 16.0 Å². The molecule has 0 aromatic rings. The van der Waals surface area contributed by atoms with Gasteiger partial charge in [-0.3, -0.25) is 4.79 Å². The van der Waals surface area contributed by atoms with Crippen molar-refractivity contribution in [2.45, 2.75) is 116 Å². The van der Waals surface area contributed by atoms with Crippen molar-refractivity contribution in [2.75, 3.05) is 0 Å². The Balaban J connectivity index is 0. The number of amides is 1. The predicted molar refractivity (Wildman–Crippen MR) is 111 cm³/mol. The molecule has 0 aromatic carbocycles. The van der Waals surface area contributed by atoms with E-state index in [1.54, 1.807) is 0 Å². The van der Waals surface area contributed by atoms with Crippen molar-refractivity contribution in [3.8, 4) is 0 Å². The summed E-state index contributed by atoms with van der Waals surface area (Å²) in [6, 6.07) is 0. The summed E-state index contributed by atoms with van der Waals surface area (Å²) in [5, 5.41) is 0.762. The average molecular weight is 426 g/mol. The quantitative estimate of drug-likeness (QED) is 0.158. The summed E-state index contributed by atoms with van der Waals surface area (Å²) in [7, 11) is -4.50. The fourth-order valence-corrected chi connectivity index (χ4v) is 3.26. The third kappa shape index (κ3) is 18.2. The predicted octanol–water partition coefficient (Wildman–Crippen LogP) is 2.43. The van der Waals surface area contributed by atoms with Crippen LogP contribution in [0.2, 0.25) is 0 Å². The Kier molecular flexibility index (Phi) is 20.7. The molecule has 0 saturated heterocycles. The fraction of sp³-hybridized carbons (Fsp3) is 0.857. The molecule has 1 N–H and O–H groups in total. The van der Waals surface area contributed by atoms with Crippen molar-refractivity contribution in [1.29, 1.82) is 0 Å². The summed E-state index contributed by atoms with van der Waals surface area (Å²) in [6.07, 6.45) is 18.3. The van der Waals surface area contributed by atoms with E-state index in [1.807, 2.05) is 0 Å². The summed E-state index contributed by atoms with van der Waals surface area (Å²) in [6.45, 7) is 7.10. The van der Waals surface area contributed by atoms with Gasteiger partial charge in [-0.2, -0.15) is 0 Å². The number of hydrogen-bond donors (Lipinski definition) is 1. The van der Waals surface area contributed by atoms with E-state index in [-0.39, 0.29) is 29.6 Å². The Morgan fingerprint density at radius 2 is 1.21 bits per heavy atom. The third-order valence-electron chi connectivity index (χ3n) is 4.92. The van der Waals surface area contributed by atoms with Crippen LogP contribution < -0.4 is 34.9 Å². The maximum absolute atomic E-state index is 11.8. The zero-order valence-electron chi connectivity index (χ0n) is 18.4.